The number of carbonyl (C=O) groups excluding carboxylic acids is 2. The minimum Gasteiger partial charge on any atom is -0.304 e. The molecule has 5 nitrogen and oxygen atoms in total. The van der Waals surface area contributed by atoms with E-state index in [1.165, 1.54) is 17.7 Å². The highest BCUT2D eigenvalue weighted by Gasteiger charge is 2.45. The molecule has 0 spiro atoms. The summed E-state index contributed by atoms with van der Waals surface area (Å²) in [5.74, 6) is 0.868. The molecule has 3 aliphatic rings. The first-order valence-electron chi connectivity index (χ1n) is 7.97. The highest BCUT2D eigenvalue weighted by molar-refractivity contribution is 6.06. The van der Waals surface area contributed by atoms with Gasteiger partial charge in [-0.15, -0.1) is 0 Å². The van der Waals surface area contributed by atoms with Crippen LogP contribution in [0.2, 0.25) is 0 Å². The van der Waals surface area contributed by atoms with Gasteiger partial charge in [-0.1, -0.05) is 6.92 Å². The van der Waals surface area contributed by atoms with Crippen LogP contribution < -0.4 is 5.32 Å². The summed E-state index contributed by atoms with van der Waals surface area (Å²) in [5, 5.41) is 3.28. The molecule has 2 heterocycles. The fourth-order valence-electron chi connectivity index (χ4n) is 3.21. The second-order valence-corrected chi connectivity index (χ2v) is 6.57. The van der Waals surface area contributed by atoms with E-state index in [4.69, 9.17) is 0 Å². The van der Waals surface area contributed by atoms with Crippen molar-refractivity contribution in [3.05, 3.63) is 0 Å². The number of hydrogen-bond acceptors (Lipinski definition) is 4. The number of hydrogen-bond donors (Lipinski definition) is 1. The molecule has 2 amide bonds. The van der Waals surface area contributed by atoms with Crippen LogP contribution >= 0.6 is 0 Å². The minimum absolute atomic E-state index is 0.00441. The molecule has 3 rings (SSSR count). The molecule has 1 aliphatic carbocycles. The summed E-state index contributed by atoms with van der Waals surface area (Å²) in [4.78, 5) is 27.9. The average molecular weight is 279 g/mol. The van der Waals surface area contributed by atoms with Crippen molar-refractivity contribution >= 4 is 11.8 Å². The molecule has 1 unspecified atom stereocenters. The summed E-state index contributed by atoms with van der Waals surface area (Å²) in [6.45, 7) is 6.42. The quantitative estimate of drug-likeness (QED) is 0.749. The van der Waals surface area contributed by atoms with Crippen molar-refractivity contribution < 1.29 is 9.59 Å². The Balaban J connectivity index is 1.40. The lowest BCUT2D eigenvalue weighted by Gasteiger charge is -2.30. The van der Waals surface area contributed by atoms with E-state index in [2.05, 4.69) is 17.1 Å². The predicted octanol–water partition coefficient (Wildman–Crippen LogP) is 0.598. The van der Waals surface area contributed by atoms with Crippen molar-refractivity contribution in [1.29, 1.82) is 0 Å². The lowest BCUT2D eigenvalue weighted by Crippen LogP contribution is -2.44. The molecule has 0 aromatic heterocycles. The second-order valence-electron chi connectivity index (χ2n) is 6.57. The van der Waals surface area contributed by atoms with Gasteiger partial charge in [0.05, 0.1) is 12.5 Å². The van der Waals surface area contributed by atoms with E-state index in [1.54, 1.807) is 0 Å². The molecule has 0 bridgehead atoms. The highest BCUT2D eigenvalue weighted by atomic mass is 16.2. The van der Waals surface area contributed by atoms with Gasteiger partial charge in [0.15, 0.2) is 0 Å². The number of amides is 2. The molecular weight excluding hydrogens is 254 g/mol. The van der Waals surface area contributed by atoms with Gasteiger partial charge in [-0.2, -0.15) is 0 Å². The Hall–Kier alpha value is -0.940. The zero-order valence-corrected chi connectivity index (χ0v) is 12.3. The van der Waals surface area contributed by atoms with Gasteiger partial charge in [0, 0.05) is 19.1 Å². The monoisotopic (exact) mass is 279 g/mol. The summed E-state index contributed by atoms with van der Waals surface area (Å²) in [7, 11) is 0. The van der Waals surface area contributed by atoms with Crippen molar-refractivity contribution in [2.24, 2.45) is 5.92 Å². The third kappa shape index (κ3) is 3.04. The topological polar surface area (TPSA) is 52.7 Å². The van der Waals surface area contributed by atoms with Crippen LogP contribution in [0, 0.1) is 5.92 Å². The van der Waals surface area contributed by atoms with Crippen LogP contribution in [0.3, 0.4) is 0 Å². The summed E-state index contributed by atoms with van der Waals surface area (Å²) in [6, 6.07) is -0.0582. The fraction of sp³-hybridized carbons (Fsp3) is 0.867. The third-order valence-electron chi connectivity index (χ3n) is 4.79. The molecule has 20 heavy (non-hydrogen) atoms. The lowest BCUT2D eigenvalue weighted by molar-refractivity contribution is -0.139. The van der Waals surface area contributed by atoms with E-state index in [1.807, 2.05) is 0 Å². The van der Waals surface area contributed by atoms with E-state index in [9.17, 15) is 9.59 Å². The van der Waals surface area contributed by atoms with Crippen molar-refractivity contribution in [3.8, 4) is 0 Å². The van der Waals surface area contributed by atoms with E-state index < -0.39 is 0 Å². The van der Waals surface area contributed by atoms with Crippen molar-refractivity contribution in [3.63, 3.8) is 0 Å². The summed E-state index contributed by atoms with van der Waals surface area (Å²) >= 11 is 0. The van der Waals surface area contributed by atoms with Crippen molar-refractivity contribution in [2.45, 2.75) is 51.1 Å². The first kappa shape index (κ1) is 14.0. The lowest BCUT2D eigenvalue weighted by atomic mass is 9.99. The molecule has 112 valence electrons. The Kier molecular flexibility index (Phi) is 4.08. The maximum absolute atomic E-state index is 12.2. The van der Waals surface area contributed by atoms with Crippen LogP contribution in [0.15, 0.2) is 0 Å². The Morgan fingerprint density at radius 2 is 1.85 bits per heavy atom. The molecule has 0 radical (unpaired) electrons. The van der Waals surface area contributed by atoms with Crippen LogP contribution in [0.25, 0.3) is 0 Å². The molecule has 3 fully saturated rings. The number of piperidine rings is 1. The summed E-state index contributed by atoms with van der Waals surface area (Å²) in [5.41, 5.74) is 0. The number of nitrogens with zero attached hydrogens (tertiary/aromatic N) is 2. The Morgan fingerprint density at radius 3 is 2.50 bits per heavy atom. The maximum atomic E-state index is 12.2. The molecule has 2 aliphatic heterocycles. The van der Waals surface area contributed by atoms with Crippen LogP contribution in [0.4, 0.5) is 0 Å². The molecular formula is C15H25N3O2. The van der Waals surface area contributed by atoms with Gasteiger partial charge >= 0.3 is 0 Å². The molecule has 1 atom stereocenters. The standard InChI is InChI=1S/C15H25N3O2/c1-11-4-7-17(8-5-11)9-6-16-13-10-14(19)18(15(13)20)12-2-3-12/h11-13,16H,2-10H2,1H3. The minimum atomic E-state index is -0.271. The largest absolute Gasteiger partial charge is 0.304 e. The third-order valence-corrected chi connectivity index (χ3v) is 4.79. The summed E-state index contributed by atoms with van der Waals surface area (Å²) in [6.07, 6.45) is 4.89. The van der Waals surface area contributed by atoms with Gasteiger partial charge < -0.3 is 10.2 Å². The first-order chi connectivity index (χ1) is 9.65. The molecule has 1 N–H and O–H groups in total. The van der Waals surface area contributed by atoms with Gasteiger partial charge in [-0.05, 0) is 44.7 Å². The smallest absolute Gasteiger partial charge is 0.247 e. The Bertz CT molecular complexity index is 387. The van der Waals surface area contributed by atoms with Crippen LogP contribution in [-0.4, -0.2) is 59.9 Å². The molecule has 5 heteroatoms. The molecule has 0 aromatic carbocycles. The van der Waals surface area contributed by atoms with E-state index in [0.29, 0.717) is 6.42 Å². The van der Waals surface area contributed by atoms with Gasteiger partial charge in [0.25, 0.3) is 0 Å². The number of rotatable bonds is 5. The fourth-order valence-corrected chi connectivity index (χ4v) is 3.21. The SMILES string of the molecule is CC1CCN(CCNC2CC(=O)N(C3CC3)C2=O)CC1. The molecule has 1 saturated carbocycles. The predicted molar refractivity (Wildman–Crippen MR) is 76.1 cm³/mol. The molecule has 2 saturated heterocycles. The van der Waals surface area contributed by atoms with Crippen LogP contribution in [-0.2, 0) is 9.59 Å². The molecule has 0 aromatic rings. The first-order valence-corrected chi connectivity index (χ1v) is 7.97. The van der Waals surface area contributed by atoms with Crippen LogP contribution in [0.5, 0.6) is 0 Å². The highest BCUT2D eigenvalue weighted by Crippen LogP contribution is 2.31. The maximum Gasteiger partial charge on any atom is 0.247 e. The Labute approximate surface area is 120 Å². The van der Waals surface area contributed by atoms with Gasteiger partial charge in [0.2, 0.25) is 11.8 Å². The van der Waals surface area contributed by atoms with Gasteiger partial charge in [-0.3, -0.25) is 14.5 Å². The summed E-state index contributed by atoms with van der Waals surface area (Å²) < 4.78 is 0. The normalized spacial score (nSPS) is 29.4. The van der Waals surface area contributed by atoms with Crippen molar-refractivity contribution in [2.75, 3.05) is 26.2 Å². The number of carbonyl (C=O) groups is 2. The van der Waals surface area contributed by atoms with Gasteiger partial charge in [-0.25, -0.2) is 0 Å². The van der Waals surface area contributed by atoms with E-state index in [-0.39, 0.29) is 23.9 Å². The second kappa shape index (κ2) is 5.82. The average Bonchev–Trinajstić information content (AvgIpc) is 3.20. The Morgan fingerprint density at radius 1 is 1.15 bits per heavy atom. The number of nitrogens with one attached hydrogen (secondary N) is 1. The number of likely N-dealkylation sites (tertiary alicyclic amines) is 2. The van der Waals surface area contributed by atoms with E-state index in [0.717, 1.165) is 44.9 Å². The van der Waals surface area contributed by atoms with Gasteiger partial charge in [0.1, 0.15) is 0 Å². The van der Waals surface area contributed by atoms with Crippen molar-refractivity contribution in [1.82, 2.24) is 15.1 Å². The zero-order chi connectivity index (χ0) is 14.1. The number of imide groups is 1. The van der Waals surface area contributed by atoms with Crippen LogP contribution in [0.1, 0.15) is 39.0 Å². The van der Waals surface area contributed by atoms with E-state index >= 15 is 0 Å². The zero-order valence-electron chi connectivity index (χ0n) is 12.3.